The zero-order valence-electron chi connectivity index (χ0n) is 13.1. The molecular weight excluding hydrogens is 286 g/mol. The van der Waals surface area contributed by atoms with E-state index in [1.165, 1.54) is 0 Å². The van der Waals surface area contributed by atoms with Crippen molar-refractivity contribution in [2.75, 3.05) is 0 Å². The van der Waals surface area contributed by atoms with Crippen LogP contribution in [0.2, 0.25) is 0 Å². The van der Waals surface area contributed by atoms with E-state index < -0.39 is 0 Å². The van der Waals surface area contributed by atoms with Crippen LogP contribution < -0.4 is 10.9 Å². The molecule has 0 aliphatic heterocycles. The minimum Gasteiger partial charge on any atom is -0.361 e. The number of amides is 2. The third kappa shape index (κ3) is 3.72. The Morgan fingerprint density at radius 1 is 1.18 bits per heavy atom. The van der Waals surface area contributed by atoms with Gasteiger partial charge in [-0.15, -0.1) is 0 Å². The lowest BCUT2D eigenvalue weighted by molar-refractivity contribution is -0.129. The Morgan fingerprint density at radius 2 is 1.86 bits per heavy atom. The normalized spacial score (nSPS) is 10.5. The van der Waals surface area contributed by atoms with E-state index in [1.807, 2.05) is 19.9 Å². The first-order valence-corrected chi connectivity index (χ1v) is 6.87. The van der Waals surface area contributed by atoms with Gasteiger partial charge >= 0.3 is 0 Å². The van der Waals surface area contributed by atoms with Gasteiger partial charge < -0.3 is 4.52 Å². The Balaban J connectivity index is 1.83. The third-order valence-corrected chi connectivity index (χ3v) is 3.26. The van der Waals surface area contributed by atoms with E-state index in [0.29, 0.717) is 11.5 Å². The molecule has 2 aromatic rings. The highest BCUT2D eigenvalue weighted by atomic mass is 16.5. The molecule has 0 fully saturated rings. The molecule has 8 heteroatoms. The van der Waals surface area contributed by atoms with Gasteiger partial charge in [-0.05, 0) is 33.8 Å². The molecule has 0 aromatic carbocycles. The van der Waals surface area contributed by atoms with Crippen molar-refractivity contribution in [3.63, 3.8) is 0 Å². The SMILES string of the molecule is Cc1cc(C)n(CC(=O)NNC(=O)Cc2c(C)noc2C)n1. The number of carbonyl (C=O) groups excluding carboxylic acids is 2. The van der Waals surface area contributed by atoms with Gasteiger partial charge in [0.25, 0.3) is 5.91 Å². The van der Waals surface area contributed by atoms with E-state index in [9.17, 15) is 9.59 Å². The number of hydrogen-bond acceptors (Lipinski definition) is 5. The van der Waals surface area contributed by atoms with Crippen molar-refractivity contribution >= 4 is 11.8 Å². The summed E-state index contributed by atoms with van der Waals surface area (Å²) in [7, 11) is 0. The number of nitrogens with zero attached hydrogens (tertiary/aromatic N) is 3. The first kappa shape index (κ1) is 15.7. The van der Waals surface area contributed by atoms with E-state index in [1.54, 1.807) is 18.5 Å². The first-order valence-electron chi connectivity index (χ1n) is 6.87. The molecule has 0 unspecified atom stereocenters. The number of nitrogens with one attached hydrogen (secondary N) is 2. The van der Waals surface area contributed by atoms with Gasteiger partial charge in [0.1, 0.15) is 12.3 Å². The molecule has 2 aromatic heterocycles. The number of carbonyl (C=O) groups is 2. The lowest BCUT2D eigenvalue weighted by atomic mass is 10.1. The second-order valence-electron chi connectivity index (χ2n) is 5.16. The average molecular weight is 305 g/mol. The molecule has 2 amide bonds. The van der Waals surface area contributed by atoms with Crippen molar-refractivity contribution in [2.45, 2.75) is 40.7 Å². The highest BCUT2D eigenvalue weighted by Crippen LogP contribution is 2.12. The van der Waals surface area contributed by atoms with Crippen LogP contribution in [0.4, 0.5) is 0 Å². The Morgan fingerprint density at radius 3 is 2.41 bits per heavy atom. The third-order valence-electron chi connectivity index (χ3n) is 3.26. The maximum Gasteiger partial charge on any atom is 0.260 e. The van der Waals surface area contributed by atoms with Gasteiger partial charge in [-0.25, -0.2) is 0 Å². The van der Waals surface area contributed by atoms with Crippen LogP contribution in [0.5, 0.6) is 0 Å². The topological polar surface area (TPSA) is 102 Å². The minimum atomic E-state index is -0.349. The number of hydrogen-bond donors (Lipinski definition) is 2. The molecule has 2 heterocycles. The van der Waals surface area contributed by atoms with Gasteiger partial charge in [0.15, 0.2) is 0 Å². The van der Waals surface area contributed by atoms with Gasteiger partial charge in [-0.1, -0.05) is 5.16 Å². The van der Waals surface area contributed by atoms with Gasteiger partial charge in [0, 0.05) is 11.3 Å². The minimum absolute atomic E-state index is 0.0469. The number of aromatic nitrogens is 3. The average Bonchev–Trinajstić information content (AvgIpc) is 2.92. The van der Waals surface area contributed by atoms with Crippen molar-refractivity contribution in [2.24, 2.45) is 0 Å². The van der Waals surface area contributed by atoms with Crippen molar-refractivity contribution in [1.82, 2.24) is 25.8 Å². The molecule has 22 heavy (non-hydrogen) atoms. The van der Waals surface area contributed by atoms with Crippen LogP contribution in [0.15, 0.2) is 10.6 Å². The molecule has 118 valence electrons. The standard InChI is InChI=1S/C14H19N5O3/c1-8-5-9(2)19(17-8)7-14(21)16-15-13(20)6-12-10(3)18-22-11(12)4/h5H,6-7H2,1-4H3,(H,15,20)(H,16,21). The second kappa shape index (κ2) is 6.42. The Kier molecular flexibility index (Phi) is 4.59. The maximum atomic E-state index is 11.8. The largest absolute Gasteiger partial charge is 0.361 e. The van der Waals surface area contributed by atoms with Gasteiger partial charge in [-0.3, -0.25) is 25.1 Å². The highest BCUT2D eigenvalue weighted by Gasteiger charge is 2.14. The van der Waals surface area contributed by atoms with Crippen LogP contribution in [0, 0.1) is 27.7 Å². The van der Waals surface area contributed by atoms with Crippen molar-refractivity contribution in [3.05, 3.63) is 34.5 Å². The summed E-state index contributed by atoms with van der Waals surface area (Å²) in [6, 6.07) is 1.88. The molecular formula is C14H19N5O3. The van der Waals surface area contributed by atoms with Crippen molar-refractivity contribution in [3.8, 4) is 0 Å². The summed E-state index contributed by atoms with van der Waals surface area (Å²) in [5.41, 5.74) is 7.86. The predicted octanol–water partition coefficient (Wildman–Crippen LogP) is 0.495. The van der Waals surface area contributed by atoms with Crippen LogP contribution in [-0.4, -0.2) is 26.8 Å². The van der Waals surface area contributed by atoms with E-state index in [4.69, 9.17) is 4.52 Å². The van der Waals surface area contributed by atoms with Crippen molar-refractivity contribution in [1.29, 1.82) is 0 Å². The Hall–Kier alpha value is -2.64. The summed E-state index contributed by atoms with van der Waals surface area (Å²) in [6.45, 7) is 7.27. The zero-order valence-corrected chi connectivity index (χ0v) is 13.1. The van der Waals surface area contributed by atoms with Crippen LogP contribution in [-0.2, 0) is 22.6 Å². The monoisotopic (exact) mass is 305 g/mol. The predicted molar refractivity (Wildman–Crippen MR) is 77.7 cm³/mol. The molecule has 0 radical (unpaired) electrons. The first-order chi connectivity index (χ1) is 10.4. The number of aryl methyl sites for hydroxylation is 4. The van der Waals surface area contributed by atoms with Gasteiger partial charge in [0.05, 0.1) is 17.8 Å². The van der Waals surface area contributed by atoms with E-state index in [-0.39, 0.29) is 24.8 Å². The maximum absolute atomic E-state index is 11.8. The fourth-order valence-electron chi connectivity index (χ4n) is 2.11. The summed E-state index contributed by atoms with van der Waals surface area (Å²) in [4.78, 5) is 23.6. The summed E-state index contributed by atoms with van der Waals surface area (Å²) in [5.74, 6) is -0.0870. The lowest BCUT2D eigenvalue weighted by Crippen LogP contribution is -2.44. The fourth-order valence-corrected chi connectivity index (χ4v) is 2.11. The quantitative estimate of drug-likeness (QED) is 0.801. The van der Waals surface area contributed by atoms with E-state index in [2.05, 4.69) is 21.1 Å². The molecule has 2 rings (SSSR count). The summed E-state index contributed by atoms with van der Waals surface area (Å²) < 4.78 is 6.56. The summed E-state index contributed by atoms with van der Waals surface area (Å²) >= 11 is 0. The molecule has 2 N–H and O–H groups in total. The Labute approximate surface area is 127 Å². The molecule has 8 nitrogen and oxygen atoms in total. The Bertz CT molecular complexity index is 682. The molecule has 0 atom stereocenters. The molecule has 0 saturated heterocycles. The molecule has 0 aliphatic carbocycles. The smallest absolute Gasteiger partial charge is 0.260 e. The molecule has 0 bridgehead atoms. The molecule has 0 saturated carbocycles. The zero-order chi connectivity index (χ0) is 16.3. The molecule has 0 spiro atoms. The van der Waals surface area contributed by atoms with Gasteiger partial charge in [0.2, 0.25) is 5.91 Å². The number of hydrazine groups is 1. The van der Waals surface area contributed by atoms with E-state index >= 15 is 0 Å². The van der Waals surface area contributed by atoms with Crippen molar-refractivity contribution < 1.29 is 14.1 Å². The van der Waals surface area contributed by atoms with Crippen LogP contribution in [0.1, 0.15) is 28.4 Å². The highest BCUT2D eigenvalue weighted by molar-refractivity contribution is 5.83. The fraction of sp³-hybridized carbons (Fsp3) is 0.429. The van der Waals surface area contributed by atoms with Gasteiger partial charge in [-0.2, -0.15) is 5.10 Å². The van der Waals surface area contributed by atoms with Crippen LogP contribution >= 0.6 is 0 Å². The number of rotatable bonds is 4. The molecule has 0 aliphatic rings. The van der Waals surface area contributed by atoms with E-state index in [0.717, 1.165) is 17.0 Å². The van der Waals surface area contributed by atoms with Crippen LogP contribution in [0.3, 0.4) is 0 Å². The summed E-state index contributed by atoms with van der Waals surface area (Å²) in [6.07, 6.45) is 0.0986. The lowest BCUT2D eigenvalue weighted by Gasteiger charge is -2.08. The second-order valence-corrected chi connectivity index (χ2v) is 5.16. The van der Waals surface area contributed by atoms with Crippen LogP contribution in [0.25, 0.3) is 0 Å². The summed E-state index contributed by atoms with van der Waals surface area (Å²) in [5, 5.41) is 7.96.